The van der Waals surface area contributed by atoms with Crippen LogP contribution in [0.5, 0.6) is 0 Å². The zero-order chi connectivity index (χ0) is 17.3. The number of methoxy groups -OCH3 is 1. The molecule has 0 amide bonds. The molecule has 5 atom stereocenters. The second kappa shape index (κ2) is 7.00. The maximum Gasteiger partial charge on any atom is 0.182 e. The van der Waals surface area contributed by atoms with Crippen LogP contribution in [0.25, 0.3) is 0 Å². The second-order valence-electron chi connectivity index (χ2n) is 5.86. The van der Waals surface area contributed by atoms with Gasteiger partial charge in [-0.3, -0.25) is 4.99 Å². The van der Waals surface area contributed by atoms with Gasteiger partial charge in [-0.1, -0.05) is 24.3 Å². The van der Waals surface area contributed by atoms with Crippen molar-refractivity contribution in [2.24, 2.45) is 4.99 Å². The number of aliphatic hydroxyl groups excluding tert-OH is 4. The number of hydrogen-bond acceptors (Lipinski definition) is 7. The van der Waals surface area contributed by atoms with Crippen molar-refractivity contribution in [1.29, 1.82) is 0 Å². The number of aliphatic hydroxyl groups is 4. The maximum atomic E-state index is 10.4. The molecule has 0 spiro atoms. The molecule has 0 bridgehead atoms. The lowest BCUT2D eigenvalue weighted by Crippen LogP contribution is -2.58. The van der Waals surface area contributed by atoms with Crippen molar-refractivity contribution in [3.8, 4) is 0 Å². The molecular formula is C17H21NO6. The van der Waals surface area contributed by atoms with E-state index in [-0.39, 0.29) is 5.76 Å². The molecule has 1 aliphatic heterocycles. The van der Waals surface area contributed by atoms with Crippen LogP contribution in [-0.2, 0) is 15.9 Å². The zero-order valence-corrected chi connectivity index (χ0v) is 13.2. The van der Waals surface area contributed by atoms with E-state index >= 15 is 0 Å². The Morgan fingerprint density at radius 3 is 2.71 bits per heavy atom. The third-order valence-corrected chi connectivity index (χ3v) is 4.39. The molecule has 7 heteroatoms. The summed E-state index contributed by atoms with van der Waals surface area (Å²) in [4.78, 5) is 4.43. The second-order valence-corrected chi connectivity index (χ2v) is 5.86. The smallest absolute Gasteiger partial charge is 0.182 e. The van der Waals surface area contributed by atoms with Gasteiger partial charge in [0.15, 0.2) is 6.29 Å². The quantitative estimate of drug-likeness (QED) is 0.615. The molecule has 7 nitrogen and oxygen atoms in total. The fourth-order valence-electron chi connectivity index (χ4n) is 3.05. The molecule has 130 valence electrons. The molecule has 0 radical (unpaired) electrons. The van der Waals surface area contributed by atoms with Crippen molar-refractivity contribution in [1.82, 2.24) is 0 Å². The molecule has 0 aromatic heterocycles. The van der Waals surface area contributed by atoms with Gasteiger partial charge in [0, 0.05) is 12.7 Å². The first kappa shape index (κ1) is 17.1. The fraction of sp³-hybridized carbons (Fsp3) is 0.471. The number of ether oxygens (including phenoxy) is 2. The molecule has 1 heterocycles. The summed E-state index contributed by atoms with van der Waals surface area (Å²) < 4.78 is 10.7. The monoisotopic (exact) mass is 335 g/mol. The van der Waals surface area contributed by atoms with E-state index in [9.17, 15) is 20.4 Å². The van der Waals surface area contributed by atoms with E-state index in [2.05, 4.69) is 4.99 Å². The number of allylic oxidation sites excluding steroid dienone is 2. The number of aliphatic imine (C=N–C) groups is 1. The highest BCUT2D eigenvalue weighted by molar-refractivity contribution is 6.13. The van der Waals surface area contributed by atoms with E-state index in [1.165, 1.54) is 7.11 Å². The van der Waals surface area contributed by atoms with E-state index in [0.29, 0.717) is 12.1 Å². The Balaban J connectivity index is 1.99. The summed E-state index contributed by atoms with van der Waals surface area (Å²) in [5, 5.41) is 39.9. The van der Waals surface area contributed by atoms with Crippen LogP contribution in [0.1, 0.15) is 11.1 Å². The number of benzene rings is 1. The van der Waals surface area contributed by atoms with E-state index in [1.54, 1.807) is 6.08 Å². The van der Waals surface area contributed by atoms with Crippen LogP contribution in [0.4, 0.5) is 0 Å². The molecule has 24 heavy (non-hydrogen) atoms. The number of rotatable bonds is 3. The average Bonchev–Trinajstić information content (AvgIpc) is 2.61. The standard InChI is InChI=1S/C17H21NO6/c1-23-17-14(16(22)15(21)12(8-19)24-17)18-13-10-5-3-2-4-9(10)6-7-11(13)20/h2-5,7,12,14-17,19-22H,6,8H2,1H3/t12-,14-,15-,16-,17-/m1/s1. The van der Waals surface area contributed by atoms with Gasteiger partial charge in [0.25, 0.3) is 0 Å². The van der Waals surface area contributed by atoms with E-state index in [0.717, 1.165) is 11.1 Å². The van der Waals surface area contributed by atoms with Crippen LogP contribution in [0.3, 0.4) is 0 Å². The van der Waals surface area contributed by atoms with Gasteiger partial charge in [-0.25, -0.2) is 0 Å². The molecule has 1 aliphatic carbocycles. The molecule has 1 aromatic carbocycles. The number of fused-ring (bicyclic) bond motifs is 1. The molecule has 0 unspecified atom stereocenters. The predicted molar refractivity (Wildman–Crippen MR) is 86.0 cm³/mol. The highest BCUT2D eigenvalue weighted by Crippen LogP contribution is 2.27. The summed E-state index contributed by atoms with van der Waals surface area (Å²) in [7, 11) is 1.39. The van der Waals surface area contributed by atoms with Gasteiger partial charge < -0.3 is 29.9 Å². The Morgan fingerprint density at radius 1 is 1.25 bits per heavy atom. The predicted octanol–water partition coefficient (Wildman–Crippen LogP) is -0.0723. The average molecular weight is 335 g/mol. The summed E-state index contributed by atoms with van der Waals surface area (Å²) in [5.41, 5.74) is 2.09. The van der Waals surface area contributed by atoms with Crippen molar-refractivity contribution >= 4 is 5.71 Å². The molecule has 2 aliphatic rings. The van der Waals surface area contributed by atoms with Crippen LogP contribution < -0.4 is 0 Å². The SMILES string of the molecule is CO[C@@H]1O[C@H](CO)[C@@H](O)[C@H](O)[C@H]1N=C1C(O)=CCc2ccccc21. The first-order valence-electron chi connectivity index (χ1n) is 7.77. The third kappa shape index (κ3) is 2.97. The highest BCUT2D eigenvalue weighted by Gasteiger charge is 2.45. The van der Waals surface area contributed by atoms with Gasteiger partial charge in [0.2, 0.25) is 0 Å². The Hall–Kier alpha value is -1.77. The summed E-state index contributed by atoms with van der Waals surface area (Å²) in [5.74, 6) is 0.00882. The minimum Gasteiger partial charge on any atom is -0.506 e. The molecule has 0 saturated carbocycles. The van der Waals surface area contributed by atoms with Crippen molar-refractivity contribution in [2.75, 3.05) is 13.7 Å². The first-order chi connectivity index (χ1) is 11.6. The van der Waals surface area contributed by atoms with E-state index in [4.69, 9.17) is 9.47 Å². The van der Waals surface area contributed by atoms with E-state index in [1.807, 2.05) is 24.3 Å². The molecule has 1 aromatic rings. The number of nitrogens with zero attached hydrogens (tertiary/aromatic N) is 1. The topological polar surface area (TPSA) is 112 Å². The largest absolute Gasteiger partial charge is 0.506 e. The lowest BCUT2D eigenvalue weighted by Gasteiger charge is -2.40. The molecular weight excluding hydrogens is 314 g/mol. The van der Waals surface area contributed by atoms with Gasteiger partial charge in [-0.2, -0.15) is 0 Å². The Morgan fingerprint density at radius 2 is 2.00 bits per heavy atom. The van der Waals surface area contributed by atoms with Crippen molar-refractivity contribution < 1.29 is 29.9 Å². The lowest BCUT2D eigenvalue weighted by atomic mass is 9.92. The van der Waals surface area contributed by atoms with Crippen LogP contribution in [-0.4, -0.2) is 70.5 Å². The highest BCUT2D eigenvalue weighted by atomic mass is 16.7. The van der Waals surface area contributed by atoms with Crippen LogP contribution in [0.2, 0.25) is 0 Å². The summed E-state index contributed by atoms with van der Waals surface area (Å²) in [6.45, 7) is -0.449. The Bertz CT molecular complexity index is 656. The van der Waals surface area contributed by atoms with Crippen molar-refractivity contribution in [3.63, 3.8) is 0 Å². The summed E-state index contributed by atoms with van der Waals surface area (Å²) >= 11 is 0. The normalized spacial score (nSPS) is 34.8. The maximum absolute atomic E-state index is 10.4. The third-order valence-electron chi connectivity index (χ3n) is 4.39. The molecule has 4 N–H and O–H groups in total. The van der Waals surface area contributed by atoms with E-state index < -0.39 is 37.3 Å². The first-order valence-corrected chi connectivity index (χ1v) is 7.77. The lowest BCUT2D eigenvalue weighted by molar-refractivity contribution is -0.257. The Labute approximate surface area is 139 Å². The number of hydrogen-bond donors (Lipinski definition) is 4. The van der Waals surface area contributed by atoms with Crippen molar-refractivity contribution in [3.05, 3.63) is 47.2 Å². The summed E-state index contributed by atoms with van der Waals surface area (Å²) in [6.07, 6.45) is -2.27. The summed E-state index contributed by atoms with van der Waals surface area (Å²) in [6, 6.07) is 6.57. The minimum absolute atomic E-state index is 0.00882. The van der Waals surface area contributed by atoms with Gasteiger partial charge in [-0.15, -0.1) is 0 Å². The van der Waals surface area contributed by atoms with Gasteiger partial charge in [-0.05, 0) is 18.1 Å². The molecule has 1 saturated heterocycles. The van der Waals surface area contributed by atoms with Gasteiger partial charge >= 0.3 is 0 Å². The Kier molecular flexibility index (Phi) is 4.98. The fourth-order valence-corrected chi connectivity index (χ4v) is 3.05. The van der Waals surface area contributed by atoms with Crippen molar-refractivity contribution in [2.45, 2.75) is 37.1 Å². The van der Waals surface area contributed by atoms with Gasteiger partial charge in [0.1, 0.15) is 35.8 Å². The molecule has 3 rings (SSSR count). The van der Waals surface area contributed by atoms with Crippen LogP contribution >= 0.6 is 0 Å². The van der Waals surface area contributed by atoms with Crippen LogP contribution in [0.15, 0.2) is 41.1 Å². The molecule has 1 fully saturated rings. The zero-order valence-electron chi connectivity index (χ0n) is 13.2. The van der Waals surface area contributed by atoms with Crippen LogP contribution in [0, 0.1) is 0 Å². The van der Waals surface area contributed by atoms with Gasteiger partial charge in [0.05, 0.1) is 6.61 Å². The minimum atomic E-state index is -1.30.